The number of likely N-dealkylation sites (tertiary alicyclic amines) is 1. The van der Waals surface area contributed by atoms with Crippen LogP contribution >= 0.6 is 27.5 Å². The van der Waals surface area contributed by atoms with Gasteiger partial charge in [0.1, 0.15) is 10.6 Å². The van der Waals surface area contributed by atoms with E-state index in [0.29, 0.717) is 49.2 Å². The molecule has 2 unspecified atom stereocenters. The number of hydrogen-bond donors (Lipinski definition) is 2. The Balaban J connectivity index is 0.000000244. The number of ether oxygens (including phenoxy) is 1. The Labute approximate surface area is 233 Å². The largest absolute Gasteiger partial charge is 0.760 e. The van der Waals surface area contributed by atoms with E-state index >= 15 is 0 Å². The third-order valence-corrected chi connectivity index (χ3v) is 8.60. The van der Waals surface area contributed by atoms with E-state index in [-0.39, 0.29) is 10.8 Å². The zero-order chi connectivity index (χ0) is 27.2. The van der Waals surface area contributed by atoms with Crippen molar-refractivity contribution in [3.05, 3.63) is 57.0 Å². The van der Waals surface area contributed by atoms with Gasteiger partial charge in [0.15, 0.2) is 0 Å². The molecule has 0 spiro atoms. The summed E-state index contributed by atoms with van der Waals surface area (Å²) in [4.78, 5) is 14.5. The topological polar surface area (TPSA) is 142 Å². The number of fused-ring (bicyclic) bond motifs is 1. The van der Waals surface area contributed by atoms with Gasteiger partial charge in [0, 0.05) is 40.3 Å². The van der Waals surface area contributed by atoms with E-state index in [9.17, 15) is 22.0 Å². The number of halogens is 2. The van der Waals surface area contributed by atoms with Crippen molar-refractivity contribution < 1.29 is 26.7 Å². The number of benzene rings is 2. The van der Waals surface area contributed by atoms with Gasteiger partial charge in [-0.05, 0) is 67.0 Å². The van der Waals surface area contributed by atoms with E-state index in [1.165, 1.54) is 6.07 Å². The Bertz CT molecular complexity index is 1240. The first kappa shape index (κ1) is 30.0. The fraction of sp³-hybridized carbons (Fsp3) is 0.458. The van der Waals surface area contributed by atoms with Crippen molar-refractivity contribution in [2.75, 3.05) is 19.7 Å². The first-order valence-corrected chi connectivity index (χ1v) is 15.6. The first-order valence-electron chi connectivity index (χ1n) is 11.8. The minimum absolute atomic E-state index is 0.0856. The third-order valence-electron chi connectivity index (χ3n) is 6.33. The van der Waals surface area contributed by atoms with Crippen LogP contribution in [0.3, 0.4) is 0 Å². The highest BCUT2D eigenvalue weighted by Gasteiger charge is 2.27. The molecule has 3 N–H and O–H groups in total. The number of piperidine rings is 1. The highest BCUT2D eigenvalue weighted by atomic mass is 79.9. The van der Waals surface area contributed by atoms with Crippen molar-refractivity contribution in [2.24, 2.45) is 11.1 Å². The number of carbonyl (C=O) groups excluding carboxylic acids is 1. The standard InChI is InChI=1S/C16H22BrClN2O3S.C8H9NO3S/c1-11-6-8-20(9-7-11)16(21)15(19-24(22)23)5-2-12-10-13(17)3-4-14(12)18;9-13(10,11)7-3-1-2-6-4-5-12-8(6)7/h3-4,10-11,15,19H,2,5-9H2,1H3,(H,22,23);1-3H,4-5H2,(H2,9,10,11)/p-1. The molecule has 0 saturated carbocycles. The fourth-order valence-electron chi connectivity index (χ4n) is 4.24. The maximum atomic E-state index is 12.7. The number of amides is 1. The van der Waals surface area contributed by atoms with Gasteiger partial charge in [0.25, 0.3) is 0 Å². The number of aryl methyl sites for hydroxylation is 1. The summed E-state index contributed by atoms with van der Waals surface area (Å²) in [7, 11) is -3.65. The minimum atomic E-state index is -3.65. The van der Waals surface area contributed by atoms with Crippen molar-refractivity contribution in [1.29, 1.82) is 0 Å². The van der Waals surface area contributed by atoms with Gasteiger partial charge in [-0.25, -0.2) is 18.3 Å². The van der Waals surface area contributed by atoms with Crippen molar-refractivity contribution in [3.8, 4) is 5.75 Å². The van der Waals surface area contributed by atoms with Gasteiger partial charge in [0.2, 0.25) is 15.9 Å². The quantitative estimate of drug-likeness (QED) is 0.447. The van der Waals surface area contributed by atoms with Crippen molar-refractivity contribution in [3.63, 3.8) is 0 Å². The van der Waals surface area contributed by atoms with Crippen molar-refractivity contribution >= 4 is 54.7 Å². The number of primary sulfonamides is 1. The summed E-state index contributed by atoms with van der Waals surface area (Å²) in [5, 5.41) is 5.63. The predicted molar refractivity (Wildman–Crippen MR) is 145 cm³/mol. The summed E-state index contributed by atoms with van der Waals surface area (Å²) in [6.45, 7) is 4.06. The van der Waals surface area contributed by atoms with E-state index in [1.807, 2.05) is 18.2 Å². The van der Waals surface area contributed by atoms with E-state index in [2.05, 4.69) is 27.6 Å². The van der Waals surface area contributed by atoms with Gasteiger partial charge in [-0.3, -0.25) is 9.00 Å². The van der Waals surface area contributed by atoms with E-state index < -0.39 is 27.3 Å². The molecule has 2 aliphatic heterocycles. The molecule has 4 rings (SSSR count). The molecule has 1 fully saturated rings. The normalized spacial score (nSPS) is 17.3. The number of rotatable bonds is 7. The molecule has 2 aliphatic rings. The van der Waals surface area contributed by atoms with Crippen LogP contribution < -0.4 is 14.6 Å². The van der Waals surface area contributed by atoms with E-state index in [0.717, 1.165) is 34.9 Å². The highest BCUT2D eigenvalue weighted by molar-refractivity contribution is 9.10. The van der Waals surface area contributed by atoms with Crippen molar-refractivity contribution in [2.45, 2.75) is 50.0 Å². The third kappa shape index (κ3) is 8.74. The van der Waals surface area contributed by atoms with Crippen LogP contribution in [-0.2, 0) is 38.9 Å². The van der Waals surface area contributed by atoms with Crippen LogP contribution in [-0.4, -0.2) is 53.7 Å². The van der Waals surface area contributed by atoms with Gasteiger partial charge in [-0.1, -0.05) is 46.6 Å². The number of para-hydroxylation sites is 1. The summed E-state index contributed by atoms with van der Waals surface area (Å²) < 4.78 is 52.8. The second-order valence-electron chi connectivity index (χ2n) is 9.08. The zero-order valence-electron chi connectivity index (χ0n) is 20.3. The Kier molecular flexibility index (Phi) is 10.9. The molecule has 204 valence electrons. The Morgan fingerprint density at radius 1 is 1.32 bits per heavy atom. The average Bonchev–Trinajstić information content (AvgIpc) is 3.32. The minimum Gasteiger partial charge on any atom is -0.760 e. The lowest BCUT2D eigenvalue weighted by molar-refractivity contribution is -0.134. The van der Waals surface area contributed by atoms with Crippen LogP contribution in [0.5, 0.6) is 5.75 Å². The van der Waals surface area contributed by atoms with Gasteiger partial charge in [-0.15, -0.1) is 0 Å². The molecule has 1 saturated heterocycles. The Morgan fingerprint density at radius 2 is 2.03 bits per heavy atom. The van der Waals surface area contributed by atoms with Crippen LogP contribution in [0.4, 0.5) is 0 Å². The fourth-order valence-corrected chi connectivity index (χ4v) is 6.03. The summed E-state index contributed by atoms with van der Waals surface area (Å²) in [5.74, 6) is 0.872. The molecule has 2 atom stereocenters. The maximum Gasteiger partial charge on any atom is 0.241 e. The Hall–Kier alpha value is -1.54. The van der Waals surface area contributed by atoms with Crippen molar-refractivity contribution in [1.82, 2.24) is 9.62 Å². The van der Waals surface area contributed by atoms with Gasteiger partial charge >= 0.3 is 0 Å². The zero-order valence-corrected chi connectivity index (χ0v) is 24.3. The molecule has 0 aromatic heterocycles. The molecule has 2 aromatic carbocycles. The van der Waals surface area contributed by atoms with Gasteiger partial charge in [-0.2, -0.15) is 0 Å². The van der Waals surface area contributed by atoms with E-state index in [1.54, 1.807) is 17.0 Å². The smallest absolute Gasteiger partial charge is 0.241 e. The predicted octanol–water partition coefficient (Wildman–Crippen LogP) is 3.31. The summed E-state index contributed by atoms with van der Waals surface area (Å²) in [5.41, 5.74) is 1.79. The van der Waals surface area contributed by atoms with Crippen LogP contribution in [0.2, 0.25) is 5.02 Å². The number of nitrogens with zero attached hydrogens (tertiary/aromatic N) is 1. The number of nitrogens with one attached hydrogen (secondary N) is 1. The summed E-state index contributed by atoms with van der Waals surface area (Å²) in [6.07, 6.45) is 3.55. The number of hydrogen-bond acceptors (Lipinski definition) is 6. The van der Waals surface area contributed by atoms with E-state index in [4.69, 9.17) is 21.5 Å². The molecule has 2 aromatic rings. The molecular formula is C24H30BrClN3O6S2-. The average molecular weight is 636 g/mol. The lowest BCUT2D eigenvalue weighted by Crippen LogP contribution is -2.49. The molecular weight excluding hydrogens is 606 g/mol. The second-order valence-corrected chi connectivity index (χ2v) is 12.6. The lowest BCUT2D eigenvalue weighted by atomic mass is 9.98. The van der Waals surface area contributed by atoms with Crippen LogP contribution in [0.25, 0.3) is 0 Å². The molecule has 1 amide bonds. The maximum absolute atomic E-state index is 12.7. The molecule has 0 radical (unpaired) electrons. The number of carbonyl (C=O) groups is 1. The highest BCUT2D eigenvalue weighted by Crippen LogP contribution is 2.31. The number of sulfonamides is 1. The van der Waals surface area contributed by atoms with Crippen LogP contribution in [0.15, 0.2) is 45.8 Å². The molecule has 9 nitrogen and oxygen atoms in total. The van der Waals surface area contributed by atoms with Crippen LogP contribution in [0, 0.1) is 5.92 Å². The van der Waals surface area contributed by atoms with Gasteiger partial charge in [0.05, 0.1) is 12.6 Å². The lowest BCUT2D eigenvalue weighted by Gasteiger charge is -2.33. The second kappa shape index (κ2) is 13.5. The molecule has 13 heteroatoms. The van der Waals surface area contributed by atoms with Crippen LogP contribution in [0.1, 0.15) is 37.3 Å². The Morgan fingerprint density at radius 3 is 2.68 bits per heavy atom. The molecule has 0 bridgehead atoms. The monoisotopic (exact) mass is 634 g/mol. The summed E-state index contributed by atoms with van der Waals surface area (Å²) >= 11 is 7.08. The molecule has 0 aliphatic carbocycles. The molecule has 2 heterocycles. The first-order chi connectivity index (χ1) is 17.5. The van der Waals surface area contributed by atoms with Gasteiger partial charge < -0.3 is 14.2 Å². The summed E-state index contributed by atoms with van der Waals surface area (Å²) in [6, 6.07) is 9.73. The molecule has 37 heavy (non-hydrogen) atoms. The number of nitrogens with two attached hydrogens (primary N) is 1. The SMILES string of the molecule is CC1CCN(C(=O)C(CCc2cc(Br)ccc2Cl)NS(=O)[O-])CC1.NS(=O)(=O)c1cccc2c1OCC2.